The van der Waals surface area contributed by atoms with Gasteiger partial charge in [0.15, 0.2) is 15.8 Å². The zero-order valence-electron chi connectivity index (χ0n) is 17.6. The minimum Gasteiger partial charge on any atom is -0.487 e. The molecule has 0 fully saturated rings. The second-order valence-corrected chi connectivity index (χ2v) is 11.7. The molecule has 11 heteroatoms. The van der Waals surface area contributed by atoms with Gasteiger partial charge in [-0.2, -0.15) is 0 Å². The van der Waals surface area contributed by atoms with Gasteiger partial charge in [-0.15, -0.1) is 11.3 Å². The van der Waals surface area contributed by atoms with Crippen LogP contribution in [0.1, 0.15) is 33.6 Å². The van der Waals surface area contributed by atoms with Crippen molar-refractivity contribution in [3.63, 3.8) is 0 Å². The number of carbonyl (C=O) groups excluding carboxylic acids is 1. The predicted octanol–water partition coefficient (Wildman–Crippen LogP) is 5.60. The van der Waals surface area contributed by atoms with Gasteiger partial charge >= 0.3 is 0 Å². The van der Waals surface area contributed by atoms with E-state index in [1.807, 2.05) is 6.92 Å². The molecule has 1 heterocycles. The molecule has 1 amide bonds. The number of benzene rings is 2. The molecule has 32 heavy (non-hydrogen) atoms. The molecule has 2 atom stereocenters. The Kier molecular flexibility index (Phi) is 8.27. The van der Waals surface area contributed by atoms with Gasteiger partial charge in [-0.05, 0) is 52.7 Å². The Morgan fingerprint density at radius 2 is 1.97 bits per heavy atom. The SMILES string of the molecule is CCOPC(F)c1sc2c(OCc3ccc(S(C)(=O)=O)cc3)cc(C(=O)NC)cc2c1Br. The molecular formula is C21H22BrFNO5PS2. The summed E-state index contributed by atoms with van der Waals surface area (Å²) in [6.45, 7) is 2.39. The van der Waals surface area contributed by atoms with Gasteiger partial charge < -0.3 is 14.6 Å². The van der Waals surface area contributed by atoms with Crippen molar-refractivity contribution in [1.29, 1.82) is 0 Å². The van der Waals surface area contributed by atoms with Crippen LogP contribution in [0.4, 0.5) is 4.39 Å². The van der Waals surface area contributed by atoms with Crippen LogP contribution in [0, 0.1) is 0 Å². The summed E-state index contributed by atoms with van der Waals surface area (Å²) in [5, 5.41) is 3.27. The van der Waals surface area contributed by atoms with Gasteiger partial charge in [0.05, 0.1) is 23.3 Å². The van der Waals surface area contributed by atoms with Gasteiger partial charge in [0.1, 0.15) is 12.4 Å². The van der Waals surface area contributed by atoms with Gasteiger partial charge in [0.2, 0.25) is 0 Å². The van der Waals surface area contributed by atoms with Crippen molar-refractivity contribution < 1.29 is 26.9 Å². The van der Waals surface area contributed by atoms with Crippen LogP contribution in [0.3, 0.4) is 0 Å². The van der Waals surface area contributed by atoms with E-state index in [0.717, 1.165) is 11.8 Å². The summed E-state index contributed by atoms with van der Waals surface area (Å²) in [7, 11) is -2.08. The summed E-state index contributed by atoms with van der Waals surface area (Å²) in [5.74, 6) is -1.14. The molecule has 0 saturated heterocycles. The summed E-state index contributed by atoms with van der Waals surface area (Å²) < 4.78 is 50.6. The first-order valence-corrected chi connectivity index (χ1v) is 14.1. The van der Waals surface area contributed by atoms with Gasteiger partial charge in [-0.3, -0.25) is 4.79 Å². The van der Waals surface area contributed by atoms with Crippen molar-refractivity contribution in [2.75, 3.05) is 19.9 Å². The Morgan fingerprint density at radius 1 is 1.28 bits per heavy atom. The van der Waals surface area contributed by atoms with Crippen LogP contribution in [0.2, 0.25) is 0 Å². The van der Waals surface area contributed by atoms with E-state index in [0.29, 0.717) is 37.4 Å². The van der Waals surface area contributed by atoms with Crippen LogP contribution in [0.25, 0.3) is 10.1 Å². The topological polar surface area (TPSA) is 81.7 Å². The molecule has 6 nitrogen and oxygen atoms in total. The van der Waals surface area contributed by atoms with E-state index in [-0.39, 0.29) is 26.2 Å². The first-order valence-electron chi connectivity index (χ1n) is 9.56. The highest BCUT2D eigenvalue weighted by Crippen LogP contribution is 2.49. The molecule has 172 valence electrons. The van der Waals surface area contributed by atoms with Crippen LogP contribution >= 0.6 is 36.1 Å². The maximum atomic E-state index is 14.8. The fraction of sp³-hybridized carbons (Fsp3) is 0.286. The van der Waals surface area contributed by atoms with E-state index >= 15 is 0 Å². The molecule has 3 rings (SSSR count). The van der Waals surface area contributed by atoms with E-state index < -0.39 is 15.8 Å². The number of rotatable bonds is 9. The van der Waals surface area contributed by atoms with Crippen molar-refractivity contribution in [3.05, 3.63) is 56.9 Å². The van der Waals surface area contributed by atoms with Crippen molar-refractivity contribution in [1.82, 2.24) is 5.32 Å². The average molecular weight is 562 g/mol. The third kappa shape index (κ3) is 5.66. The molecule has 0 aliphatic heterocycles. The molecule has 0 radical (unpaired) electrons. The van der Waals surface area contributed by atoms with E-state index in [1.54, 1.807) is 24.3 Å². The van der Waals surface area contributed by atoms with Crippen LogP contribution in [-0.4, -0.2) is 34.2 Å². The van der Waals surface area contributed by atoms with Crippen molar-refractivity contribution in [3.8, 4) is 5.75 Å². The third-order valence-electron chi connectivity index (χ3n) is 4.52. The highest BCUT2D eigenvalue weighted by molar-refractivity contribution is 9.10. The Balaban J connectivity index is 1.97. The normalized spacial score (nSPS) is 13.0. The molecule has 0 aliphatic rings. The quantitative estimate of drug-likeness (QED) is 0.344. The standard InChI is InChI=1S/C21H22BrFNO5PS2/c1-4-29-30-20(23)19-17(22)15-9-13(21(25)24-2)10-16(18(15)31-19)28-11-12-5-7-14(8-6-12)32(3,26)27/h5-10,20,30H,4,11H2,1-3H3,(H,24,25). The first kappa shape index (κ1) is 25.1. The summed E-state index contributed by atoms with van der Waals surface area (Å²) in [6.07, 6.45) is 1.15. The van der Waals surface area contributed by atoms with Crippen molar-refractivity contribution in [2.45, 2.75) is 24.3 Å². The zero-order valence-corrected chi connectivity index (χ0v) is 21.8. The second kappa shape index (κ2) is 10.6. The summed E-state index contributed by atoms with van der Waals surface area (Å²) >= 11 is 4.73. The minimum absolute atomic E-state index is 0.154. The fourth-order valence-electron chi connectivity index (χ4n) is 2.91. The van der Waals surface area contributed by atoms with E-state index in [4.69, 9.17) is 9.26 Å². The maximum Gasteiger partial charge on any atom is 0.251 e. The smallest absolute Gasteiger partial charge is 0.251 e. The maximum absolute atomic E-state index is 14.8. The summed E-state index contributed by atoms with van der Waals surface area (Å²) in [6, 6.07) is 9.71. The molecule has 0 bridgehead atoms. The number of sulfone groups is 1. The predicted molar refractivity (Wildman–Crippen MR) is 131 cm³/mol. The molecule has 0 aliphatic carbocycles. The Morgan fingerprint density at radius 3 is 2.56 bits per heavy atom. The number of amides is 1. The lowest BCUT2D eigenvalue weighted by molar-refractivity contribution is 0.0962. The van der Waals surface area contributed by atoms with Gasteiger partial charge in [-0.25, -0.2) is 12.8 Å². The Bertz CT molecular complexity index is 1230. The molecule has 1 N–H and O–H groups in total. The molecule has 0 saturated carbocycles. The van der Waals surface area contributed by atoms with Crippen LogP contribution < -0.4 is 10.1 Å². The van der Waals surface area contributed by atoms with Gasteiger partial charge in [-0.1, -0.05) is 12.1 Å². The lowest BCUT2D eigenvalue weighted by atomic mass is 10.1. The number of thiophene rings is 1. The van der Waals surface area contributed by atoms with E-state index in [1.165, 1.54) is 30.5 Å². The van der Waals surface area contributed by atoms with E-state index in [9.17, 15) is 17.6 Å². The molecule has 2 aromatic carbocycles. The van der Waals surface area contributed by atoms with Crippen molar-refractivity contribution >= 4 is 61.9 Å². The van der Waals surface area contributed by atoms with Gasteiger partial charge in [0.25, 0.3) is 5.91 Å². The largest absolute Gasteiger partial charge is 0.487 e. The Hall–Kier alpha value is -1.58. The molecule has 0 spiro atoms. The summed E-state index contributed by atoms with van der Waals surface area (Å²) in [4.78, 5) is 13.0. The minimum atomic E-state index is -3.28. The highest BCUT2D eigenvalue weighted by Gasteiger charge is 2.23. The molecular weight excluding hydrogens is 540 g/mol. The van der Waals surface area contributed by atoms with Crippen LogP contribution in [0.5, 0.6) is 5.75 Å². The third-order valence-corrected chi connectivity index (χ3v) is 9.18. The highest BCUT2D eigenvalue weighted by atomic mass is 79.9. The number of halogens is 2. The number of alkyl halides is 1. The lowest BCUT2D eigenvalue weighted by Gasteiger charge is -2.10. The Labute approximate surface area is 200 Å². The number of nitrogens with one attached hydrogen (secondary N) is 1. The molecule has 1 aromatic heterocycles. The van der Waals surface area contributed by atoms with Crippen LogP contribution in [-0.2, 0) is 21.0 Å². The number of carbonyl (C=O) groups is 1. The lowest BCUT2D eigenvalue weighted by Crippen LogP contribution is -2.17. The van der Waals surface area contributed by atoms with Crippen LogP contribution in [0.15, 0.2) is 45.8 Å². The number of ether oxygens (including phenoxy) is 1. The molecule has 3 aromatic rings. The number of fused-ring (bicyclic) bond motifs is 1. The number of hydrogen-bond acceptors (Lipinski definition) is 6. The zero-order chi connectivity index (χ0) is 23.5. The second-order valence-electron chi connectivity index (χ2n) is 6.83. The number of hydrogen-bond donors (Lipinski definition) is 1. The monoisotopic (exact) mass is 561 g/mol. The van der Waals surface area contributed by atoms with Crippen molar-refractivity contribution in [2.24, 2.45) is 0 Å². The average Bonchev–Trinajstić information content (AvgIpc) is 3.11. The first-order chi connectivity index (χ1) is 15.2. The van der Waals surface area contributed by atoms with Gasteiger partial charge in [0, 0.05) is 35.3 Å². The molecule has 2 unspecified atom stereocenters. The fourth-order valence-corrected chi connectivity index (χ4v) is 6.53. The summed E-state index contributed by atoms with van der Waals surface area (Å²) in [5.41, 5.74) is 1.14. The van der Waals surface area contributed by atoms with E-state index in [2.05, 4.69) is 21.2 Å².